The van der Waals surface area contributed by atoms with Crippen molar-refractivity contribution >= 4 is 0 Å². The van der Waals surface area contributed by atoms with Gasteiger partial charge in [0.05, 0.1) is 18.2 Å². The van der Waals surface area contributed by atoms with Crippen LogP contribution in [-0.4, -0.2) is 26.4 Å². The molecular formula is C17H25NO2. The summed E-state index contributed by atoms with van der Waals surface area (Å²) in [6.45, 7) is 0.834. The van der Waals surface area contributed by atoms with E-state index in [0.717, 1.165) is 38.0 Å². The van der Waals surface area contributed by atoms with Crippen LogP contribution in [-0.2, 0) is 11.2 Å². The molecule has 1 saturated carbocycles. The van der Waals surface area contributed by atoms with Crippen molar-refractivity contribution in [2.75, 3.05) is 20.8 Å². The van der Waals surface area contributed by atoms with Crippen LogP contribution in [0.2, 0.25) is 0 Å². The summed E-state index contributed by atoms with van der Waals surface area (Å²) in [7, 11) is 3.89. The fourth-order valence-electron chi connectivity index (χ4n) is 3.93. The monoisotopic (exact) mass is 275 g/mol. The molecule has 1 aliphatic heterocycles. The zero-order valence-electron chi connectivity index (χ0n) is 12.6. The molecule has 1 unspecified atom stereocenters. The Morgan fingerprint density at radius 2 is 2.05 bits per heavy atom. The van der Waals surface area contributed by atoms with Gasteiger partial charge in [-0.1, -0.05) is 31.0 Å². The molecule has 0 amide bonds. The molecular weight excluding hydrogens is 250 g/mol. The van der Waals surface area contributed by atoms with Crippen molar-refractivity contribution in [2.24, 2.45) is 0 Å². The predicted octanol–water partition coefficient (Wildman–Crippen LogP) is 3.23. The van der Waals surface area contributed by atoms with Gasteiger partial charge in [0.2, 0.25) is 0 Å². The van der Waals surface area contributed by atoms with Gasteiger partial charge in [0.25, 0.3) is 0 Å². The molecule has 110 valence electrons. The number of rotatable bonds is 4. The average molecular weight is 275 g/mol. The Labute approximate surface area is 121 Å². The lowest BCUT2D eigenvalue weighted by Gasteiger charge is -2.38. The Morgan fingerprint density at radius 3 is 2.75 bits per heavy atom. The molecule has 2 aliphatic rings. The second-order valence-electron chi connectivity index (χ2n) is 5.99. The first-order valence-electron chi connectivity index (χ1n) is 7.78. The van der Waals surface area contributed by atoms with Crippen LogP contribution in [0, 0.1) is 0 Å². The summed E-state index contributed by atoms with van der Waals surface area (Å²) in [5, 5.41) is 3.50. The lowest BCUT2D eigenvalue weighted by Crippen LogP contribution is -2.42. The van der Waals surface area contributed by atoms with Crippen molar-refractivity contribution in [1.29, 1.82) is 0 Å². The number of aryl methyl sites for hydroxylation is 1. The van der Waals surface area contributed by atoms with Gasteiger partial charge in [-0.3, -0.25) is 0 Å². The molecule has 3 nitrogen and oxygen atoms in total. The fourth-order valence-corrected chi connectivity index (χ4v) is 3.93. The lowest BCUT2D eigenvalue weighted by molar-refractivity contribution is -0.0356. The molecule has 0 bridgehead atoms. The van der Waals surface area contributed by atoms with E-state index in [0.29, 0.717) is 0 Å². The topological polar surface area (TPSA) is 30.5 Å². The number of methoxy groups -OCH3 is 1. The standard InChI is InChI=1S/C17H25NO2/c1-18-16(17(19-2)10-3-4-11-17)14-9-5-7-13-8-6-12-20-15(13)14/h5,7,9,16,18H,3-4,6,8,10-12H2,1-2H3. The minimum Gasteiger partial charge on any atom is -0.493 e. The number of ether oxygens (including phenoxy) is 2. The normalized spacial score (nSPS) is 22.1. The predicted molar refractivity (Wildman–Crippen MR) is 80.3 cm³/mol. The first kappa shape index (κ1) is 13.9. The molecule has 0 radical (unpaired) electrons. The molecule has 1 heterocycles. The minimum absolute atomic E-state index is 0.0787. The van der Waals surface area contributed by atoms with Gasteiger partial charge in [0.15, 0.2) is 0 Å². The highest BCUT2D eigenvalue weighted by Gasteiger charge is 2.43. The SMILES string of the molecule is CNC(c1cccc2c1OCCC2)C1(OC)CCCC1. The summed E-state index contributed by atoms with van der Waals surface area (Å²) >= 11 is 0. The minimum atomic E-state index is -0.0787. The van der Waals surface area contributed by atoms with E-state index in [9.17, 15) is 0 Å². The molecule has 3 rings (SSSR count). The maximum absolute atomic E-state index is 5.99. The Morgan fingerprint density at radius 1 is 1.25 bits per heavy atom. The smallest absolute Gasteiger partial charge is 0.127 e. The van der Waals surface area contributed by atoms with Gasteiger partial charge in [-0.05, 0) is 38.3 Å². The van der Waals surface area contributed by atoms with Crippen LogP contribution in [0.25, 0.3) is 0 Å². The van der Waals surface area contributed by atoms with E-state index in [1.165, 1.54) is 24.0 Å². The average Bonchev–Trinajstić information content (AvgIpc) is 2.98. The molecule has 0 spiro atoms. The van der Waals surface area contributed by atoms with E-state index in [1.54, 1.807) is 0 Å². The van der Waals surface area contributed by atoms with E-state index in [-0.39, 0.29) is 11.6 Å². The number of likely N-dealkylation sites (N-methyl/N-ethyl adjacent to an activating group) is 1. The third kappa shape index (κ3) is 2.23. The van der Waals surface area contributed by atoms with E-state index in [4.69, 9.17) is 9.47 Å². The van der Waals surface area contributed by atoms with E-state index >= 15 is 0 Å². The Bertz CT molecular complexity index is 466. The Hall–Kier alpha value is -1.06. The summed E-state index contributed by atoms with van der Waals surface area (Å²) < 4.78 is 12.0. The van der Waals surface area contributed by atoms with E-state index in [2.05, 4.69) is 23.5 Å². The summed E-state index contributed by atoms with van der Waals surface area (Å²) in [4.78, 5) is 0. The van der Waals surface area contributed by atoms with Gasteiger partial charge in [-0.2, -0.15) is 0 Å². The zero-order valence-corrected chi connectivity index (χ0v) is 12.6. The lowest BCUT2D eigenvalue weighted by atomic mass is 9.85. The highest BCUT2D eigenvalue weighted by atomic mass is 16.5. The zero-order chi connectivity index (χ0) is 14.0. The Kier molecular flexibility index (Phi) is 3.99. The van der Waals surface area contributed by atoms with Crippen LogP contribution < -0.4 is 10.1 Å². The first-order chi connectivity index (χ1) is 9.80. The van der Waals surface area contributed by atoms with Crippen molar-refractivity contribution in [3.8, 4) is 5.75 Å². The number of benzene rings is 1. The van der Waals surface area contributed by atoms with E-state index < -0.39 is 0 Å². The number of para-hydroxylation sites is 1. The highest BCUT2D eigenvalue weighted by Crippen LogP contribution is 2.45. The van der Waals surface area contributed by atoms with Crippen LogP contribution in [0.1, 0.15) is 49.3 Å². The molecule has 1 aromatic rings. The summed E-state index contributed by atoms with van der Waals surface area (Å²) in [6.07, 6.45) is 7.00. The Balaban J connectivity index is 2.01. The van der Waals surface area contributed by atoms with Gasteiger partial charge in [-0.25, -0.2) is 0 Å². The van der Waals surface area contributed by atoms with Crippen molar-refractivity contribution in [1.82, 2.24) is 5.32 Å². The van der Waals surface area contributed by atoms with Gasteiger partial charge < -0.3 is 14.8 Å². The molecule has 1 aliphatic carbocycles. The molecule has 0 saturated heterocycles. The molecule has 3 heteroatoms. The number of hydrogen-bond donors (Lipinski definition) is 1. The number of fused-ring (bicyclic) bond motifs is 1. The molecule has 1 N–H and O–H groups in total. The van der Waals surface area contributed by atoms with Gasteiger partial charge in [-0.15, -0.1) is 0 Å². The van der Waals surface area contributed by atoms with Crippen LogP contribution >= 0.6 is 0 Å². The second kappa shape index (κ2) is 5.74. The second-order valence-corrected chi connectivity index (χ2v) is 5.99. The van der Waals surface area contributed by atoms with Crippen LogP contribution in [0.3, 0.4) is 0 Å². The largest absolute Gasteiger partial charge is 0.493 e. The molecule has 1 aromatic carbocycles. The first-order valence-corrected chi connectivity index (χ1v) is 7.78. The fraction of sp³-hybridized carbons (Fsp3) is 0.647. The van der Waals surface area contributed by atoms with Crippen molar-refractivity contribution in [2.45, 2.75) is 50.2 Å². The maximum Gasteiger partial charge on any atom is 0.127 e. The van der Waals surface area contributed by atoms with Gasteiger partial charge in [0.1, 0.15) is 5.75 Å². The van der Waals surface area contributed by atoms with Crippen molar-refractivity contribution < 1.29 is 9.47 Å². The van der Waals surface area contributed by atoms with E-state index in [1.807, 2.05) is 14.2 Å². The van der Waals surface area contributed by atoms with Crippen LogP contribution in [0.5, 0.6) is 5.75 Å². The maximum atomic E-state index is 5.99. The summed E-state index contributed by atoms with van der Waals surface area (Å²) in [6, 6.07) is 6.76. The summed E-state index contributed by atoms with van der Waals surface area (Å²) in [5.41, 5.74) is 2.54. The molecule has 20 heavy (non-hydrogen) atoms. The van der Waals surface area contributed by atoms with Crippen molar-refractivity contribution in [3.63, 3.8) is 0 Å². The third-order valence-electron chi connectivity index (χ3n) is 4.95. The van der Waals surface area contributed by atoms with Crippen LogP contribution in [0.15, 0.2) is 18.2 Å². The van der Waals surface area contributed by atoms with Crippen molar-refractivity contribution in [3.05, 3.63) is 29.3 Å². The highest BCUT2D eigenvalue weighted by molar-refractivity contribution is 5.45. The number of nitrogens with one attached hydrogen (secondary N) is 1. The van der Waals surface area contributed by atoms with Crippen LogP contribution in [0.4, 0.5) is 0 Å². The third-order valence-corrected chi connectivity index (χ3v) is 4.95. The molecule has 1 fully saturated rings. The summed E-state index contributed by atoms with van der Waals surface area (Å²) in [5.74, 6) is 1.10. The van der Waals surface area contributed by atoms with Gasteiger partial charge >= 0.3 is 0 Å². The number of hydrogen-bond acceptors (Lipinski definition) is 3. The molecule has 0 aromatic heterocycles. The molecule has 1 atom stereocenters. The quantitative estimate of drug-likeness (QED) is 0.915. The van der Waals surface area contributed by atoms with Gasteiger partial charge in [0, 0.05) is 12.7 Å².